The second kappa shape index (κ2) is 5.49. The van der Waals surface area contributed by atoms with E-state index in [2.05, 4.69) is 0 Å². The third-order valence-electron chi connectivity index (χ3n) is 3.18. The van der Waals surface area contributed by atoms with Crippen molar-refractivity contribution in [2.75, 3.05) is 23.6 Å². The van der Waals surface area contributed by atoms with Crippen molar-refractivity contribution in [2.45, 2.75) is 31.2 Å². The molecule has 0 heterocycles. The van der Waals surface area contributed by atoms with Gasteiger partial charge in [0.05, 0.1) is 16.3 Å². The average Bonchev–Trinajstić information content (AvgIpc) is 2.37. The number of alkyl halides is 1. The molecule has 1 aromatic carbocycles. The molecule has 1 aromatic rings. The van der Waals surface area contributed by atoms with Crippen molar-refractivity contribution in [3.05, 3.63) is 24.3 Å². The van der Waals surface area contributed by atoms with Crippen LogP contribution in [-0.2, 0) is 9.84 Å². The minimum absolute atomic E-state index is 0.0964. The Morgan fingerprint density at radius 2 is 1.83 bits per heavy atom. The summed E-state index contributed by atoms with van der Waals surface area (Å²) in [6, 6.07) is 7.05. The summed E-state index contributed by atoms with van der Waals surface area (Å²) in [6.07, 6.45) is 0. The van der Waals surface area contributed by atoms with Gasteiger partial charge in [-0.1, -0.05) is 19.1 Å². The standard InChI is InChI=1S/C13H20ClNO2S/c1-5-18(16,17)12-9-7-6-8-11(12)15(4)13(2,3)10-14/h6-9H,5,10H2,1-4H3. The smallest absolute Gasteiger partial charge is 0.180 e. The van der Waals surface area contributed by atoms with Crippen LogP contribution >= 0.6 is 11.6 Å². The number of nitrogens with zero attached hydrogens (tertiary/aromatic N) is 1. The highest BCUT2D eigenvalue weighted by Crippen LogP contribution is 2.30. The maximum absolute atomic E-state index is 12.1. The maximum atomic E-state index is 12.1. The summed E-state index contributed by atoms with van der Waals surface area (Å²) in [5.41, 5.74) is 0.394. The fourth-order valence-corrected chi connectivity index (χ4v) is 2.87. The minimum Gasteiger partial charge on any atom is -0.367 e. The third kappa shape index (κ3) is 2.98. The van der Waals surface area contributed by atoms with Crippen LogP contribution in [0.4, 0.5) is 5.69 Å². The Balaban J connectivity index is 3.35. The Morgan fingerprint density at radius 1 is 1.28 bits per heavy atom. The lowest BCUT2D eigenvalue weighted by Crippen LogP contribution is -2.43. The predicted octanol–water partition coefficient (Wildman–Crippen LogP) is 2.93. The first-order valence-electron chi connectivity index (χ1n) is 5.88. The van der Waals surface area contributed by atoms with Gasteiger partial charge >= 0.3 is 0 Å². The van der Waals surface area contributed by atoms with E-state index in [1.807, 2.05) is 37.9 Å². The molecule has 0 aliphatic rings. The Kier molecular flexibility index (Phi) is 4.67. The van der Waals surface area contributed by atoms with Crippen molar-refractivity contribution < 1.29 is 8.42 Å². The van der Waals surface area contributed by atoms with Crippen LogP contribution in [0.5, 0.6) is 0 Å². The lowest BCUT2D eigenvalue weighted by atomic mass is 10.1. The SMILES string of the molecule is CCS(=O)(=O)c1ccccc1N(C)C(C)(C)CCl. The molecule has 0 atom stereocenters. The molecule has 0 spiro atoms. The zero-order chi connectivity index (χ0) is 14.0. The summed E-state index contributed by atoms with van der Waals surface area (Å²) in [7, 11) is -1.36. The number of sulfone groups is 1. The van der Waals surface area contributed by atoms with Gasteiger partial charge in [0, 0.05) is 18.5 Å². The molecule has 0 bridgehead atoms. The molecule has 0 aromatic heterocycles. The van der Waals surface area contributed by atoms with Crippen LogP contribution in [0.15, 0.2) is 29.2 Å². The Hall–Kier alpha value is -0.740. The first kappa shape index (κ1) is 15.3. The van der Waals surface area contributed by atoms with Crippen LogP contribution in [0.2, 0.25) is 0 Å². The molecular formula is C13H20ClNO2S. The number of para-hydroxylation sites is 1. The Morgan fingerprint density at radius 3 is 2.33 bits per heavy atom. The van der Waals surface area contributed by atoms with Gasteiger partial charge in [-0.15, -0.1) is 11.6 Å². The third-order valence-corrected chi connectivity index (χ3v) is 5.61. The number of hydrogen-bond donors (Lipinski definition) is 0. The number of anilines is 1. The molecule has 0 saturated carbocycles. The van der Waals surface area contributed by atoms with Gasteiger partial charge in [0.1, 0.15) is 0 Å². The van der Waals surface area contributed by atoms with Crippen molar-refractivity contribution in [3.63, 3.8) is 0 Å². The van der Waals surface area contributed by atoms with Crippen LogP contribution in [0.1, 0.15) is 20.8 Å². The van der Waals surface area contributed by atoms with E-state index in [0.29, 0.717) is 16.5 Å². The summed E-state index contributed by atoms with van der Waals surface area (Å²) in [5, 5.41) is 0. The van der Waals surface area contributed by atoms with E-state index in [0.717, 1.165) is 0 Å². The molecule has 0 unspecified atom stereocenters. The summed E-state index contributed by atoms with van der Waals surface area (Å²) in [6.45, 7) is 5.61. The molecule has 18 heavy (non-hydrogen) atoms. The lowest BCUT2D eigenvalue weighted by Gasteiger charge is -2.36. The van der Waals surface area contributed by atoms with E-state index < -0.39 is 9.84 Å². The number of benzene rings is 1. The monoisotopic (exact) mass is 289 g/mol. The summed E-state index contributed by atoms with van der Waals surface area (Å²) < 4.78 is 24.2. The fraction of sp³-hybridized carbons (Fsp3) is 0.538. The van der Waals surface area contributed by atoms with Crippen LogP contribution in [0.25, 0.3) is 0 Å². The average molecular weight is 290 g/mol. The Bertz CT molecular complexity index is 511. The summed E-state index contributed by atoms with van der Waals surface area (Å²) in [5.74, 6) is 0.517. The number of hydrogen-bond acceptors (Lipinski definition) is 3. The van der Waals surface area contributed by atoms with Gasteiger partial charge in [0.15, 0.2) is 9.84 Å². The summed E-state index contributed by atoms with van der Waals surface area (Å²) in [4.78, 5) is 2.29. The van der Waals surface area contributed by atoms with Crippen LogP contribution < -0.4 is 4.90 Å². The second-order valence-electron chi connectivity index (χ2n) is 4.88. The molecule has 0 aliphatic carbocycles. The van der Waals surface area contributed by atoms with E-state index in [9.17, 15) is 8.42 Å². The van der Waals surface area contributed by atoms with Crippen molar-refractivity contribution in [1.82, 2.24) is 0 Å². The highest BCUT2D eigenvalue weighted by molar-refractivity contribution is 7.91. The molecule has 0 fully saturated rings. The van der Waals surface area contributed by atoms with E-state index in [4.69, 9.17) is 11.6 Å². The van der Waals surface area contributed by atoms with Crippen LogP contribution in [-0.4, -0.2) is 32.6 Å². The molecular weight excluding hydrogens is 270 g/mol. The van der Waals surface area contributed by atoms with Gasteiger partial charge < -0.3 is 4.90 Å². The molecule has 0 saturated heterocycles. The van der Waals surface area contributed by atoms with E-state index in [1.165, 1.54) is 0 Å². The van der Waals surface area contributed by atoms with Crippen molar-refractivity contribution in [2.24, 2.45) is 0 Å². The molecule has 3 nitrogen and oxygen atoms in total. The van der Waals surface area contributed by atoms with Gasteiger partial charge in [-0.05, 0) is 26.0 Å². The van der Waals surface area contributed by atoms with Crippen LogP contribution in [0.3, 0.4) is 0 Å². The lowest BCUT2D eigenvalue weighted by molar-refractivity contribution is 0.540. The summed E-state index contributed by atoms with van der Waals surface area (Å²) >= 11 is 5.95. The fourth-order valence-electron chi connectivity index (χ4n) is 1.57. The first-order valence-corrected chi connectivity index (χ1v) is 8.06. The number of rotatable bonds is 5. The van der Waals surface area contributed by atoms with Gasteiger partial charge in [-0.2, -0.15) is 0 Å². The molecule has 0 aliphatic heterocycles. The molecule has 0 radical (unpaired) electrons. The largest absolute Gasteiger partial charge is 0.367 e. The molecule has 1 rings (SSSR count). The zero-order valence-electron chi connectivity index (χ0n) is 11.3. The highest BCUT2D eigenvalue weighted by Gasteiger charge is 2.27. The topological polar surface area (TPSA) is 37.4 Å². The van der Waals surface area contributed by atoms with E-state index in [1.54, 1.807) is 19.1 Å². The van der Waals surface area contributed by atoms with Crippen molar-refractivity contribution >= 4 is 27.1 Å². The van der Waals surface area contributed by atoms with Crippen molar-refractivity contribution in [1.29, 1.82) is 0 Å². The van der Waals surface area contributed by atoms with E-state index >= 15 is 0 Å². The predicted molar refractivity (Wildman–Crippen MR) is 77.4 cm³/mol. The zero-order valence-corrected chi connectivity index (χ0v) is 12.8. The van der Waals surface area contributed by atoms with Gasteiger partial charge in [0.2, 0.25) is 0 Å². The first-order chi connectivity index (χ1) is 8.26. The molecule has 5 heteroatoms. The normalized spacial score (nSPS) is 12.5. The van der Waals surface area contributed by atoms with Crippen molar-refractivity contribution in [3.8, 4) is 0 Å². The van der Waals surface area contributed by atoms with Gasteiger partial charge in [-0.25, -0.2) is 8.42 Å². The minimum atomic E-state index is -3.23. The molecule has 0 amide bonds. The molecule has 0 N–H and O–H groups in total. The Labute approximate surface area is 115 Å². The quantitative estimate of drug-likeness (QED) is 0.782. The highest BCUT2D eigenvalue weighted by atomic mass is 35.5. The van der Waals surface area contributed by atoms with Crippen LogP contribution in [0, 0.1) is 0 Å². The van der Waals surface area contributed by atoms with Gasteiger partial charge in [-0.3, -0.25) is 0 Å². The molecule has 102 valence electrons. The maximum Gasteiger partial charge on any atom is 0.180 e. The van der Waals surface area contributed by atoms with E-state index in [-0.39, 0.29) is 11.3 Å². The second-order valence-corrected chi connectivity index (χ2v) is 7.39. The van der Waals surface area contributed by atoms with Gasteiger partial charge in [0.25, 0.3) is 0 Å². The number of halogens is 1.